The Bertz CT molecular complexity index is 288. The van der Waals surface area contributed by atoms with Crippen LogP contribution in [0.3, 0.4) is 0 Å². The Morgan fingerprint density at radius 2 is 1.90 bits per heavy atom. The summed E-state index contributed by atoms with van der Waals surface area (Å²) in [6.07, 6.45) is 4.29. The van der Waals surface area contributed by atoms with Crippen LogP contribution >= 0.6 is 0 Å². The van der Waals surface area contributed by atoms with Crippen molar-refractivity contribution in [3.8, 4) is 0 Å². The van der Waals surface area contributed by atoms with E-state index in [1.807, 2.05) is 0 Å². The first kappa shape index (κ1) is 17.4. The Balaban J connectivity index is 2.02. The molecule has 0 heterocycles. The van der Waals surface area contributed by atoms with Gasteiger partial charge in [0.15, 0.2) is 0 Å². The van der Waals surface area contributed by atoms with Crippen molar-refractivity contribution in [3.63, 3.8) is 0 Å². The molecule has 0 bridgehead atoms. The van der Waals surface area contributed by atoms with E-state index in [9.17, 15) is 4.79 Å². The first-order valence-corrected chi connectivity index (χ1v) is 7.34. The molecule has 2 atom stereocenters. The summed E-state index contributed by atoms with van der Waals surface area (Å²) in [5, 5.41) is 0. The normalized spacial score (nSPS) is 26.0. The summed E-state index contributed by atoms with van der Waals surface area (Å²) in [5.41, 5.74) is 10.7. The molecule has 1 saturated carbocycles. The molecule has 1 amide bonds. The zero-order valence-electron chi connectivity index (χ0n) is 12.4. The van der Waals surface area contributed by atoms with Crippen molar-refractivity contribution < 1.29 is 19.0 Å². The van der Waals surface area contributed by atoms with Gasteiger partial charge >= 0.3 is 0 Å². The van der Waals surface area contributed by atoms with Crippen molar-refractivity contribution in [1.29, 1.82) is 0 Å². The van der Waals surface area contributed by atoms with E-state index in [2.05, 4.69) is 0 Å². The largest absolute Gasteiger partial charge is 0.385 e. The standard InChI is InChI=1S/C14H28N2O4/c1-18-7-3-8-19-10-11-20-9-5-12-4-2-6-14(12,16)13(15)17/h12H,2-11,16H2,1H3,(H2,15,17). The Labute approximate surface area is 121 Å². The third-order valence-corrected chi connectivity index (χ3v) is 3.95. The second kappa shape index (κ2) is 9.28. The van der Waals surface area contributed by atoms with E-state index >= 15 is 0 Å². The summed E-state index contributed by atoms with van der Waals surface area (Å²) in [5.74, 6) is -0.246. The minimum absolute atomic E-state index is 0.141. The fraction of sp³-hybridized carbons (Fsp3) is 0.929. The molecule has 0 radical (unpaired) electrons. The van der Waals surface area contributed by atoms with Gasteiger partial charge in [0.2, 0.25) is 5.91 Å². The molecule has 1 aliphatic carbocycles. The van der Waals surface area contributed by atoms with Gasteiger partial charge in [-0.15, -0.1) is 0 Å². The summed E-state index contributed by atoms with van der Waals surface area (Å²) in [6.45, 7) is 3.14. The lowest BCUT2D eigenvalue weighted by Gasteiger charge is -2.27. The first-order valence-electron chi connectivity index (χ1n) is 7.34. The second-order valence-electron chi connectivity index (χ2n) is 5.35. The molecule has 6 nitrogen and oxygen atoms in total. The molecule has 2 unspecified atom stereocenters. The van der Waals surface area contributed by atoms with Crippen molar-refractivity contribution in [3.05, 3.63) is 0 Å². The lowest BCUT2D eigenvalue weighted by molar-refractivity contribution is -0.124. The van der Waals surface area contributed by atoms with Gasteiger partial charge in [0.1, 0.15) is 0 Å². The van der Waals surface area contributed by atoms with Crippen molar-refractivity contribution in [1.82, 2.24) is 0 Å². The maximum absolute atomic E-state index is 11.4. The summed E-state index contributed by atoms with van der Waals surface area (Å²) in [7, 11) is 1.68. The van der Waals surface area contributed by atoms with Crippen molar-refractivity contribution in [2.75, 3.05) is 40.1 Å². The molecule has 0 aromatic heterocycles. The fourth-order valence-electron chi connectivity index (χ4n) is 2.68. The van der Waals surface area contributed by atoms with Crippen molar-refractivity contribution in [2.45, 2.75) is 37.6 Å². The van der Waals surface area contributed by atoms with Crippen LogP contribution in [0.1, 0.15) is 32.1 Å². The minimum atomic E-state index is -0.833. The molecular weight excluding hydrogens is 260 g/mol. The molecule has 1 rings (SSSR count). The highest BCUT2D eigenvalue weighted by atomic mass is 16.5. The quantitative estimate of drug-likeness (QED) is 0.537. The maximum atomic E-state index is 11.4. The lowest BCUT2D eigenvalue weighted by Crippen LogP contribution is -2.54. The third-order valence-electron chi connectivity index (χ3n) is 3.95. The van der Waals surface area contributed by atoms with Gasteiger partial charge in [0, 0.05) is 26.9 Å². The highest BCUT2D eigenvalue weighted by molar-refractivity contribution is 5.85. The molecule has 0 aliphatic heterocycles. The number of hydrogen-bond acceptors (Lipinski definition) is 5. The monoisotopic (exact) mass is 288 g/mol. The van der Waals surface area contributed by atoms with Crippen LogP contribution in [0.2, 0.25) is 0 Å². The summed E-state index contributed by atoms with van der Waals surface area (Å²) >= 11 is 0. The zero-order chi connectivity index (χ0) is 14.8. The molecule has 1 fully saturated rings. The number of methoxy groups -OCH3 is 1. The predicted octanol–water partition coefficient (Wildman–Crippen LogP) is 0.429. The van der Waals surface area contributed by atoms with Gasteiger partial charge in [-0.3, -0.25) is 4.79 Å². The van der Waals surface area contributed by atoms with E-state index in [1.54, 1.807) is 7.11 Å². The predicted molar refractivity (Wildman–Crippen MR) is 76.2 cm³/mol. The Morgan fingerprint density at radius 1 is 1.20 bits per heavy atom. The van der Waals surface area contributed by atoms with E-state index < -0.39 is 5.54 Å². The zero-order valence-corrected chi connectivity index (χ0v) is 12.4. The fourth-order valence-corrected chi connectivity index (χ4v) is 2.68. The van der Waals surface area contributed by atoms with Gasteiger partial charge in [-0.1, -0.05) is 6.42 Å². The van der Waals surface area contributed by atoms with Crippen LogP contribution in [0.5, 0.6) is 0 Å². The number of rotatable bonds is 11. The van der Waals surface area contributed by atoms with Crippen molar-refractivity contribution >= 4 is 5.91 Å². The molecule has 0 aromatic rings. The molecule has 1 aliphatic rings. The molecule has 20 heavy (non-hydrogen) atoms. The minimum Gasteiger partial charge on any atom is -0.385 e. The van der Waals surface area contributed by atoms with Gasteiger partial charge in [0.05, 0.1) is 18.8 Å². The summed E-state index contributed by atoms with van der Waals surface area (Å²) in [4.78, 5) is 11.4. The average Bonchev–Trinajstić information content (AvgIpc) is 2.80. The van der Waals surface area contributed by atoms with E-state index in [-0.39, 0.29) is 11.8 Å². The number of carbonyl (C=O) groups excluding carboxylic acids is 1. The first-order chi connectivity index (χ1) is 9.61. The van der Waals surface area contributed by atoms with Gasteiger partial charge in [-0.25, -0.2) is 0 Å². The van der Waals surface area contributed by atoms with Crippen LogP contribution in [-0.2, 0) is 19.0 Å². The van der Waals surface area contributed by atoms with Crippen molar-refractivity contribution in [2.24, 2.45) is 17.4 Å². The van der Waals surface area contributed by atoms with E-state index in [0.29, 0.717) is 39.5 Å². The molecular formula is C14H28N2O4. The summed E-state index contributed by atoms with van der Waals surface area (Å²) in [6, 6.07) is 0. The van der Waals surface area contributed by atoms with Gasteiger partial charge in [0.25, 0.3) is 0 Å². The number of hydrogen-bond donors (Lipinski definition) is 2. The van der Waals surface area contributed by atoms with Gasteiger partial charge in [-0.05, 0) is 31.6 Å². The number of ether oxygens (including phenoxy) is 3. The third kappa shape index (κ3) is 5.36. The van der Waals surface area contributed by atoms with Crippen LogP contribution in [-0.4, -0.2) is 51.6 Å². The van der Waals surface area contributed by atoms with Crippen LogP contribution in [0, 0.1) is 5.92 Å². The highest BCUT2D eigenvalue weighted by Gasteiger charge is 2.43. The Hall–Kier alpha value is -0.690. The van der Waals surface area contributed by atoms with Gasteiger partial charge in [-0.2, -0.15) is 0 Å². The van der Waals surface area contributed by atoms with E-state index in [0.717, 1.165) is 25.7 Å². The number of nitrogens with two attached hydrogens (primary N) is 2. The van der Waals surface area contributed by atoms with E-state index in [1.165, 1.54) is 0 Å². The second-order valence-corrected chi connectivity index (χ2v) is 5.35. The highest BCUT2D eigenvalue weighted by Crippen LogP contribution is 2.35. The molecule has 4 N–H and O–H groups in total. The molecule has 0 saturated heterocycles. The molecule has 118 valence electrons. The van der Waals surface area contributed by atoms with Gasteiger partial charge < -0.3 is 25.7 Å². The van der Waals surface area contributed by atoms with E-state index in [4.69, 9.17) is 25.7 Å². The smallest absolute Gasteiger partial charge is 0.237 e. The molecule has 0 spiro atoms. The SMILES string of the molecule is COCCCOCCOCCC1CCCC1(N)C(N)=O. The summed E-state index contributed by atoms with van der Waals surface area (Å²) < 4.78 is 15.8. The van der Waals surface area contributed by atoms with Crippen LogP contribution in [0.25, 0.3) is 0 Å². The molecule has 0 aromatic carbocycles. The Kier molecular flexibility index (Phi) is 8.06. The average molecular weight is 288 g/mol. The topological polar surface area (TPSA) is 96.8 Å². The number of primary amides is 1. The number of amides is 1. The van der Waals surface area contributed by atoms with Crippen LogP contribution < -0.4 is 11.5 Å². The Morgan fingerprint density at radius 3 is 2.55 bits per heavy atom. The number of carbonyl (C=O) groups is 1. The van der Waals surface area contributed by atoms with Crippen LogP contribution in [0.4, 0.5) is 0 Å². The van der Waals surface area contributed by atoms with Crippen LogP contribution in [0.15, 0.2) is 0 Å². The molecule has 6 heteroatoms. The lowest BCUT2D eigenvalue weighted by atomic mass is 9.85. The maximum Gasteiger partial charge on any atom is 0.237 e.